The molecule has 0 spiro atoms. The van der Waals surface area contributed by atoms with Crippen LogP contribution in [0.15, 0.2) is 40.9 Å². The molecule has 0 heterocycles. The minimum absolute atomic E-state index is 0.238. The maximum absolute atomic E-state index is 13.9. The molecular formula is C15H15BrFNO. The van der Waals surface area contributed by atoms with E-state index in [2.05, 4.69) is 21.2 Å². The van der Waals surface area contributed by atoms with Gasteiger partial charge in [0.15, 0.2) is 11.6 Å². The fourth-order valence-corrected chi connectivity index (χ4v) is 2.00. The molecule has 0 radical (unpaired) electrons. The Morgan fingerprint density at radius 2 is 2.00 bits per heavy atom. The molecule has 0 atom stereocenters. The standard InChI is InChI=1S/C15H15BrFNO/c1-10-7-12(4-5-13(10)16)19-15-6-3-11(9-18-2)8-14(15)17/h3-8,18H,9H2,1-2H3. The fraction of sp³-hybridized carbons (Fsp3) is 0.200. The minimum atomic E-state index is -0.353. The highest BCUT2D eigenvalue weighted by Gasteiger charge is 2.07. The molecule has 0 aliphatic rings. The lowest BCUT2D eigenvalue weighted by atomic mass is 10.2. The first kappa shape index (κ1) is 14.0. The lowest BCUT2D eigenvalue weighted by Crippen LogP contribution is -2.05. The number of nitrogens with one attached hydrogen (secondary N) is 1. The van der Waals surface area contributed by atoms with Gasteiger partial charge in [0.05, 0.1) is 0 Å². The summed E-state index contributed by atoms with van der Waals surface area (Å²) >= 11 is 3.42. The van der Waals surface area contributed by atoms with Crippen molar-refractivity contribution < 1.29 is 9.13 Å². The van der Waals surface area contributed by atoms with Crippen LogP contribution in [-0.4, -0.2) is 7.05 Å². The van der Waals surface area contributed by atoms with Crippen LogP contribution >= 0.6 is 15.9 Å². The number of hydrogen-bond donors (Lipinski definition) is 1. The van der Waals surface area contributed by atoms with Gasteiger partial charge in [-0.3, -0.25) is 0 Å². The van der Waals surface area contributed by atoms with Crippen LogP contribution in [-0.2, 0) is 6.54 Å². The van der Waals surface area contributed by atoms with Crippen LogP contribution in [0.5, 0.6) is 11.5 Å². The van der Waals surface area contributed by atoms with Crippen molar-refractivity contribution in [1.29, 1.82) is 0 Å². The summed E-state index contributed by atoms with van der Waals surface area (Å²) in [5.74, 6) is 0.510. The van der Waals surface area contributed by atoms with E-state index in [1.54, 1.807) is 12.1 Å². The van der Waals surface area contributed by atoms with Gasteiger partial charge in [0, 0.05) is 11.0 Å². The van der Waals surface area contributed by atoms with Gasteiger partial charge in [-0.1, -0.05) is 22.0 Å². The van der Waals surface area contributed by atoms with Crippen LogP contribution in [0.2, 0.25) is 0 Å². The monoisotopic (exact) mass is 323 g/mol. The van der Waals surface area contributed by atoms with Crippen molar-refractivity contribution in [3.8, 4) is 11.5 Å². The molecule has 0 unspecified atom stereocenters. The molecule has 0 fully saturated rings. The Balaban J connectivity index is 2.20. The molecule has 0 amide bonds. The summed E-state index contributed by atoms with van der Waals surface area (Å²) in [6, 6.07) is 10.5. The Hall–Kier alpha value is -1.39. The van der Waals surface area contributed by atoms with Gasteiger partial charge in [-0.05, 0) is 55.4 Å². The topological polar surface area (TPSA) is 21.3 Å². The van der Waals surface area contributed by atoms with Crippen LogP contribution in [0.1, 0.15) is 11.1 Å². The minimum Gasteiger partial charge on any atom is -0.454 e. The average molecular weight is 324 g/mol. The van der Waals surface area contributed by atoms with E-state index >= 15 is 0 Å². The number of hydrogen-bond acceptors (Lipinski definition) is 2. The first-order valence-corrected chi connectivity index (χ1v) is 6.76. The third-order valence-corrected chi connectivity index (χ3v) is 3.62. The molecular weight excluding hydrogens is 309 g/mol. The normalized spacial score (nSPS) is 10.5. The van der Waals surface area contributed by atoms with Gasteiger partial charge in [0.2, 0.25) is 0 Å². The molecule has 0 saturated heterocycles. The Bertz CT molecular complexity index is 586. The molecule has 2 rings (SSSR count). The van der Waals surface area contributed by atoms with E-state index in [9.17, 15) is 4.39 Å². The number of ether oxygens (including phenoxy) is 1. The maximum atomic E-state index is 13.9. The van der Waals surface area contributed by atoms with Gasteiger partial charge < -0.3 is 10.1 Å². The van der Waals surface area contributed by atoms with E-state index in [1.165, 1.54) is 6.07 Å². The lowest BCUT2D eigenvalue weighted by Gasteiger charge is -2.09. The number of benzene rings is 2. The van der Waals surface area contributed by atoms with Gasteiger partial charge in [-0.25, -0.2) is 4.39 Å². The van der Waals surface area contributed by atoms with Crippen LogP contribution < -0.4 is 10.1 Å². The largest absolute Gasteiger partial charge is 0.454 e. The van der Waals surface area contributed by atoms with Gasteiger partial charge in [0.1, 0.15) is 5.75 Å². The van der Waals surface area contributed by atoms with Crippen LogP contribution in [0, 0.1) is 12.7 Å². The molecule has 0 aliphatic heterocycles. The number of aryl methyl sites for hydroxylation is 1. The van der Waals surface area contributed by atoms with E-state index in [1.807, 2.05) is 32.2 Å². The number of halogens is 2. The first-order chi connectivity index (χ1) is 9.10. The van der Waals surface area contributed by atoms with E-state index in [0.717, 1.165) is 15.6 Å². The second-order valence-corrected chi connectivity index (χ2v) is 5.16. The van der Waals surface area contributed by atoms with Crippen LogP contribution in [0.3, 0.4) is 0 Å². The third-order valence-electron chi connectivity index (χ3n) is 2.73. The summed E-state index contributed by atoms with van der Waals surface area (Å²) in [4.78, 5) is 0. The van der Waals surface area contributed by atoms with Crippen molar-refractivity contribution in [1.82, 2.24) is 5.32 Å². The Labute approximate surface area is 120 Å². The van der Waals surface area contributed by atoms with Gasteiger partial charge in [-0.2, -0.15) is 0 Å². The van der Waals surface area contributed by atoms with Crippen LogP contribution in [0.4, 0.5) is 4.39 Å². The fourth-order valence-electron chi connectivity index (χ4n) is 1.75. The molecule has 0 bridgehead atoms. The van der Waals surface area contributed by atoms with Gasteiger partial charge in [-0.15, -0.1) is 0 Å². The van der Waals surface area contributed by atoms with Crippen molar-refractivity contribution in [3.05, 3.63) is 57.8 Å². The SMILES string of the molecule is CNCc1ccc(Oc2ccc(Br)c(C)c2)c(F)c1. The highest BCUT2D eigenvalue weighted by molar-refractivity contribution is 9.10. The van der Waals surface area contributed by atoms with Gasteiger partial charge >= 0.3 is 0 Å². The molecule has 2 nitrogen and oxygen atoms in total. The molecule has 19 heavy (non-hydrogen) atoms. The highest BCUT2D eigenvalue weighted by Crippen LogP contribution is 2.28. The van der Waals surface area contributed by atoms with E-state index in [0.29, 0.717) is 12.3 Å². The Morgan fingerprint density at radius 1 is 1.21 bits per heavy atom. The zero-order chi connectivity index (χ0) is 13.8. The summed E-state index contributed by atoms with van der Waals surface area (Å²) < 4.78 is 20.4. The summed E-state index contributed by atoms with van der Waals surface area (Å²) in [6.07, 6.45) is 0. The second kappa shape index (κ2) is 6.17. The first-order valence-electron chi connectivity index (χ1n) is 5.97. The zero-order valence-electron chi connectivity index (χ0n) is 10.8. The van der Waals surface area contributed by atoms with E-state index in [-0.39, 0.29) is 11.6 Å². The van der Waals surface area contributed by atoms with E-state index in [4.69, 9.17) is 4.74 Å². The maximum Gasteiger partial charge on any atom is 0.166 e. The average Bonchev–Trinajstić information content (AvgIpc) is 2.37. The summed E-state index contributed by atoms with van der Waals surface area (Å²) in [6.45, 7) is 2.60. The highest BCUT2D eigenvalue weighted by atomic mass is 79.9. The molecule has 2 aromatic rings. The van der Waals surface area contributed by atoms with Gasteiger partial charge in [0.25, 0.3) is 0 Å². The molecule has 100 valence electrons. The van der Waals surface area contributed by atoms with Crippen molar-refractivity contribution in [3.63, 3.8) is 0 Å². The molecule has 0 aromatic heterocycles. The predicted molar refractivity (Wildman–Crippen MR) is 78.1 cm³/mol. The number of rotatable bonds is 4. The lowest BCUT2D eigenvalue weighted by molar-refractivity contribution is 0.441. The van der Waals surface area contributed by atoms with E-state index < -0.39 is 0 Å². The molecule has 2 aromatic carbocycles. The Kier molecular flexibility index (Phi) is 4.56. The Morgan fingerprint density at radius 3 is 2.63 bits per heavy atom. The summed E-state index contributed by atoms with van der Waals surface area (Å²) in [5.41, 5.74) is 1.93. The molecule has 0 aliphatic carbocycles. The second-order valence-electron chi connectivity index (χ2n) is 4.31. The van der Waals surface area contributed by atoms with Crippen LogP contribution in [0.25, 0.3) is 0 Å². The molecule has 4 heteroatoms. The molecule has 0 saturated carbocycles. The quantitative estimate of drug-likeness (QED) is 0.899. The molecule has 1 N–H and O–H groups in total. The third kappa shape index (κ3) is 3.55. The zero-order valence-corrected chi connectivity index (χ0v) is 12.4. The van der Waals surface area contributed by atoms with Crippen molar-refractivity contribution >= 4 is 15.9 Å². The smallest absolute Gasteiger partial charge is 0.166 e. The summed E-state index contributed by atoms with van der Waals surface area (Å²) in [7, 11) is 1.83. The van der Waals surface area contributed by atoms with Crippen molar-refractivity contribution in [2.45, 2.75) is 13.5 Å². The summed E-state index contributed by atoms with van der Waals surface area (Å²) in [5, 5.41) is 2.98. The van der Waals surface area contributed by atoms with Crippen molar-refractivity contribution in [2.24, 2.45) is 0 Å². The van der Waals surface area contributed by atoms with Crippen molar-refractivity contribution in [2.75, 3.05) is 7.05 Å². The predicted octanol–water partition coefficient (Wildman–Crippen LogP) is 4.41.